The second-order valence-electron chi connectivity index (χ2n) is 10.6. The molecule has 0 aromatic heterocycles. The quantitative estimate of drug-likeness (QED) is 0.115. The predicted molar refractivity (Wildman–Crippen MR) is 158 cm³/mol. The Balaban J connectivity index is 1.83. The van der Waals surface area contributed by atoms with Crippen molar-refractivity contribution in [3.8, 4) is 11.1 Å². The van der Waals surface area contributed by atoms with Gasteiger partial charge in [0.05, 0.1) is 6.61 Å². The van der Waals surface area contributed by atoms with Gasteiger partial charge < -0.3 is 39.3 Å². The SMILES string of the molecule is CC(=O)O[C@@H]([C@H](OC(C)=O)[C@@H](COC(=O)[C@@](N)(CO)C(=O)OCC1c2ccccc2-c2ccccc21)OC(C)=O)[C@@H](C=O)OC(C)=O. The highest BCUT2D eigenvalue weighted by atomic mass is 16.6. The Hall–Kier alpha value is -5.15. The number of hydrogen-bond acceptors (Lipinski definition) is 15. The fourth-order valence-electron chi connectivity index (χ4n) is 5.06. The average Bonchev–Trinajstić information content (AvgIpc) is 3.34. The van der Waals surface area contributed by atoms with E-state index < -0.39 is 84.9 Å². The van der Waals surface area contributed by atoms with Crippen molar-refractivity contribution in [2.24, 2.45) is 5.73 Å². The highest BCUT2D eigenvalue weighted by Crippen LogP contribution is 2.44. The molecule has 1 aliphatic rings. The number of ether oxygens (including phenoxy) is 6. The van der Waals surface area contributed by atoms with Crippen LogP contribution in [0.2, 0.25) is 0 Å². The number of carbonyl (C=O) groups excluding carboxylic acids is 7. The van der Waals surface area contributed by atoms with Crippen LogP contribution in [-0.4, -0.2) is 97.0 Å². The van der Waals surface area contributed by atoms with E-state index in [1.807, 2.05) is 48.5 Å². The third kappa shape index (κ3) is 8.77. The minimum Gasteiger partial charge on any atom is -0.463 e. The number of hydrogen-bond donors (Lipinski definition) is 2. The number of carbonyl (C=O) groups is 7. The number of aliphatic hydroxyl groups excluding tert-OH is 1. The molecule has 5 atom stereocenters. The van der Waals surface area contributed by atoms with Gasteiger partial charge in [0, 0.05) is 33.6 Å². The van der Waals surface area contributed by atoms with Gasteiger partial charge in [0.1, 0.15) is 13.2 Å². The van der Waals surface area contributed by atoms with E-state index in [2.05, 4.69) is 0 Å². The Morgan fingerprint density at radius 2 is 1.21 bits per heavy atom. The number of esters is 6. The first kappa shape index (κ1) is 36.3. The molecule has 3 N–H and O–H groups in total. The summed E-state index contributed by atoms with van der Waals surface area (Å²) in [6.07, 6.45) is -7.37. The topological polar surface area (TPSA) is 221 Å². The molecule has 0 saturated heterocycles. The molecule has 0 saturated carbocycles. The molecular weight excluding hydrogens is 622 g/mol. The molecule has 0 radical (unpaired) electrons. The van der Waals surface area contributed by atoms with E-state index in [4.69, 9.17) is 34.2 Å². The first-order valence-corrected chi connectivity index (χ1v) is 14.3. The molecule has 0 spiro atoms. The van der Waals surface area contributed by atoms with Crippen LogP contribution in [-0.2, 0) is 62.0 Å². The number of aliphatic hydroxyl groups is 1. The minimum atomic E-state index is -2.76. The Labute approximate surface area is 269 Å². The van der Waals surface area contributed by atoms with Crippen LogP contribution >= 0.6 is 0 Å². The molecular formula is C32H35NO14. The number of nitrogens with two attached hydrogens (primary N) is 1. The summed E-state index contributed by atoms with van der Waals surface area (Å²) >= 11 is 0. The maximum absolute atomic E-state index is 13.2. The van der Waals surface area contributed by atoms with Gasteiger partial charge in [0.2, 0.25) is 5.54 Å². The maximum Gasteiger partial charge on any atom is 0.340 e. The zero-order chi connectivity index (χ0) is 34.9. The summed E-state index contributed by atoms with van der Waals surface area (Å²) in [4.78, 5) is 85.7. The normalized spacial score (nSPS) is 15.6. The van der Waals surface area contributed by atoms with E-state index in [9.17, 15) is 38.7 Å². The fourth-order valence-corrected chi connectivity index (χ4v) is 5.06. The van der Waals surface area contributed by atoms with Crippen molar-refractivity contribution in [1.82, 2.24) is 0 Å². The van der Waals surface area contributed by atoms with E-state index >= 15 is 0 Å². The molecule has 15 heteroatoms. The first-order chi connectivity index (χ1) is 22.2. The molecule has 0 aliphatic heterocycles. The lowest BCUT2D eigenvalue weighted by Gasteiger charge is -2.34. The number of aldehydes is 1. The van der Waals surface area contributed by atoms with Crippen LogP contribution in [0.5, 0.6) is 0 Å². The molecule has 1 aliphatic carbocycles. The van der Waals surface area contributed by atoms with Crippen molar-refractivity contribution < 1.29 is 67.1 Å². The lowest BCUT2D eigenvalue weighted by molar-refractivity contribution is -0.202. The van der Waals surface area contributed by atoms with Crippen LogP contribution < -0.4 is 5.73 Å². The molecule has 2 aromatic rings. The molecule has 252 valence electrons. The van der Waals surface area contributed by atoms with Crippen LogP contribution in [0.1, 0.15) is 44.7 Å². The molecule has 0 amide bonds. The standard InChI is InChI=1S/C32H35NO14/c1-17(36)44-26(13-34)28(46-19(3)38)29(47-20(4)39)27(45-18(2)37)15-43-31(41)32(33,16-35)30(40)42-14-25-23-11-7-5-9-21(23)22-10-6-8-12-24(22)25/h5-13,25-29,35H,14-16,33H2,1-4H3/t26-,27-,28-,29-,32-/m1/s1. The van der Waals surface area contributed by atoms with Crippen LogP contribution in [0.4, 0.5) is 0 Å². The number of benzene rings is 2. The molecule has 47 heavy (non-hydrogen) atoms. The fraction of sp³-hybridized carbons (Fsp3) is 0.406. The minimum absolute atomic E-state index is 0.0795. The Morgan fingerprint density at radius 3 is 1.68 bits per heavy atom. The van der Waals surface area contributed by atoms with Gasteiger partial charge in [0.15, 0.2) is 30.7 Å². The molecule has 0 unspecified atom stereocenters. The third-order valence-electron chi connectivity index (χ3n) is 7.07. The van der Waals surface area contributed by atoms with Crippen molar-refractivity contribution in [3.63, 3.8) is 0 Å². The largest absolute Gasteiger partial charge is 0.463 e. The first-order valence-electron chi connectivity index (χ1n) is 14.3. The van der Waals surface area contributed by atoms with Crippen LogP contribution in [0.15, 0.2) is 48.5 Å². The summed E-state index contributed by atoms with van der Waals surface area (Å²) in [5.74, 6) is -7.27. The smallest absolute Gasteiger partial charge is 0.340 e. The summed E-state index contributed by atoms with van der Waals surface area (Å²) in [7, 11) is 0. The van der Waals surface area contributed by atoms with E-state index in [-0.39, 0.29) is 12.9 Å². The van der Waals surface area contributed by atoms with Gasteiger partial charge in [-0.1, -0.05) is 48.5 Å². The monoisotopic (exact) mass is 657 g/mol. The van der Waals surface area contributed by atoms with Crippen molar-refractivity contribution >= 4 is 42.1 Å². The zero-order valence-corrected chi connectivity index (χ0v) is 26.0. The molecule has 2 aromatic carbocycles. The second-order valence-corrected chi connectivity index (χ2v) is 10.6. The van der Waals surface area contributed by atoms with Crippen molar-refractivity contribution in [3.05, 3.63) is 59.7 Å². The van der Waals surface area contributed by atoms with Crippen LogP contribution in [0.25, 0.3) is 11.1 Å². The van der Waals surface area contributed by atoms with Gasteiger partial charge in [-0.3, -0.25) is 24.0 Å². The second kappa shape index (κ2) is 15.9. The number of rotatable bonds is 15. The molecule has 0 heterocycles. The lowest BCUT2D eigenvalue weighted by atomic mass is 9.97. The summed E-state index contributed by atoms with van der Waals surface area (Å²) in [5, 5.41) is 10.0. The summed E-state index contributed by atoms with van der Waals surface area (Å²) in [6.45, 7) is 1.26. The molecule has 0 fully saturated rings. The van der Waals surface area contributed by atoms with E-state index in [1.165, 1.54) is 0 Å². The molecule has 0 bridgehead atoms. The van der Waals surface area contributed by atoms with Gasteiger partial charge in [-0.25, -0.2) is 9.59 Å². The van der Waals surface area contributed by atoms with Gasteiger partial charge in [-0.05, 0) is 22.3 Å². The number of fused-ring (bicyclic) bond motifs is 3. The van der Waals surface area contributed by atoms with Crippen LogP contribution in [0, 0.1) is 0 Å². The van der Waals surface area contributed by atoms with Gasteiger partial charge in [-0.15, -0.1) is 0 Å². The maximum atomic E-state index is 13.2. The summed E-state index contributed by atoms with van der Waals surface area (Å²) < 4.78 is 30.9. The van der Waals surface area contributed by atoms with E-state index in [0.29, 0.717) is 0 Å². The lowest BCUT2D eigenvalue weighted by Crippen LogP contribution is -2.60. The van der Waals surface area contributed by atoms with Crippen molar-refractivity contribution in [1.29, 1.82) is 0 Å². The van der Waals surface area contributed by atoms with E-state index in [0.717, 1.165) is 49.9 Å². The predicted octanol–water partition coefficient (Wildman–Crippen LogP) is 0.501. The Kier molecular flexibility index (Phi) is 12.3. The zero-order valence-electron chi connectivity index (χ0n) is 26.0. The van der Waals surface area contributed by atoms with Crippen molar-refractivity contribution in [2.75, 3.05) is 19.8 Å². The highest BCUT2D eigenvalue weighted by molar-refractivity contribution is 6.05. The average molecular weight is 658 g/mol. The molecule has 3 rings (SSSR count). The van der Waals surface area contributed by atoms with Gasteiger partial charge >= 0.3 is 35.8 Å². The van der Waals surface area contributed by atoms with Gasteiger partial charge in [-0.2, -0.15) is 0 Å². The van der Waals surface area contributed by atoms with Crippen LogP contribution in [0.3, 0.4) is 0 Å². The Bertz CT molecular complexity index is 1480. The van der Waals surface area contributed by atoms with E-state index in [1.54, 1.807) is 0 Å². The molecule has 15 nitrogen and oxygen atoms in total. The summed E-state index contributed by atoms with van der Waals surface area (Å²) in [6, 6.07) is 15.0. The highest BCUT2D eigenvalue weighted by Gasteiger charge is 2.48. The van der Waals surface area contributed by atoms with Crippen molar-refractivity contribution in [2.45, 2.75) is 63.6 Å². The van der Waals surface area contributed by atoms with Gasteiger partial charge in [0.25, 0.3) is 0 Å². The third-order valence-corrected chi connectivity index (χ3v) is 7.07. The summed E-state index contributed by atoms with van der Waals surface area (Å²) in [5.41, 5.74) is 6.87. The Morgan fingerprint density at radius 1 is 0.745 bits per heavy atom.